The minimum atomic E-state index is -3.68. The summed E-state index contributed by atoms with van der Waals surface area (Å²) in [6.07, 6.45) is 1.43. The highest BCUT2D eigenvalue weighted by Crippen LogP contribution is 2.37. The Hall–Kier alpha value is -2.33. The number of halogens is 1. The van der Waals surface area contributed by atoms with Gasteiger partial charge >= 0.3 is 0 Å². The summed E-state index contributed by atoms with van der Waals surface area (Å²) in [5.41, 5.74) is 1.23. The van der Waals surface area contributed by atoms with E-state index in [1.807, 2.05) is 0 Å². The van der Waals surface area contributed by atoms with Crippen LogP contribution in [0.1, 0.15) is 20.8 Å². The highest BCUT2D eigenvalue weighted by Gasteiger charge is 2.33. The van der Waals surface area contributed by atoms with E-state index < -0.39 is 14.8 Å². The van der Waals surface area contributed by atoms with Gasteiger partial charge < -0.3 is 9.72 Å². The number of aromatic nitrogens is 6. The van der Waals surface area contributed by atoms with Crippen LogP contribution in [0.25, 0.3) is 22.9 Å². The summed E-state index contributed by atoms with van der Waals surface area (Å²) in [6, 6.07) is 3.17. The molecule has 134 valence electrons. The van der Waals surface area contributed by atoms with Crippen molar-refractivity contribution in [3.8, 4) is 28.7 Å². The molecule has 0 aliphatic heterocycles. The number of ether oxygens (including phenoxy) is 1. The molecule has 3 aromatic heterocycles. The van der Waals surface area contributed by atoms with Gasteiger partial charge in [0.05, 0.1) is 28.3 Å². The van der Waals surface area contributed by atoms with Gasteiger partial charge in [-0.25, -0.2) is 12.4 Å². The summed E-state index contributed by atoms with van der Waals surface area (Å²) in [7, 11) is -2.19. The smallest absolute Gasteiger partial charge is 0.244 e. The molecule has 0 radical (unpaired) electrons. The molecule has 0 spiro atoms. The van der Waals surface area contributed by atoms with Gasteiger partial charge in [-0.1, -0.05) is 11.6 Å². The first-order chi connectivity index (χ1) is 11.7. The van der Waals surface area contributed by atoms with Gasteiger partial charge in [0, 0.05) is 12.3 Å². The second-order valence-corrected chi connectivity index (χ2v) is 9.26. The van der Waals surface area contributed by atoms with E-state index in [9.17, 15) is 8.42 Å². The number of methoxy groups -OCH3 is 1. The average molecular weight is 385 g/mol. The highest BCUT2D eigenvalue weighted by molar-refractivity contribution is 7.91. The summed E-state index contributed by atoms with van der Waals surface area (Å²) in [4.78, 5) is 3.06. The van der Waals surface area contributed by atoms with Gasteiger partial charge in [-0.2, -0.15) is 5.21 Å². The Balaban J connectivity index is 2.21. The number of tetrazole rings is 1. The lowest BCUT2D eigenvalue weighted by Crippen LogP contribution is -2.33. The SMILES string of the molecule is COc1cc(-c2c(Cl)ccn2S(=O)(=O)C(C)(C)C)[nH]c1-c1nn[nH]n1. The zero-order chi connectivity index (χ0) is 18.4. The van der Waals surface area contributed by atoms with E-state index in [4.69, 9.17) is 16.3 Å². The number of nitrogens with zero attached hydrogens (tertiary/aromatic N) is 4. The lowest BCUT2D eigenvalue weighted by molar-refractivity contribution is 0.417. The van der Waals surface area contributed by atoms with Gasteiger partial charge in [-0.3, -0.25) is 0 Å². The average Bonchev–Trinajstić information content (AvgIpc) is 3.23. The first kappa shape index (κ1) is 17.5. The van der Waals surface area contributed by atoms with Crippen molar-refractivity contribution in [2.45, 2.75) is 25.5 Å². The van der Waals surface area contributed by atoms with E-state index >= 15 is 0 Å². The zero-order valence-electron chi connectivity index (χ0n) is 14.0. The van der Waals surface area contributed by atoms with Crippen molar-refractivity contribution in [2.24, 2.45) is 0 Å². The van der Waals surface area contributed by atoms with Crippen molar-refractivity contribution in [1.29, 1.82) is 0 Å². The highest BCUT2D eigenvalue weighted by atomic mass is 35.5. The predicted octanol–water partition coefficient (Wildman–Crippen LogP) is 2.30. The summed E-state index contributed by atoms with van der Waals surface area (Å²) in [6.45, 7) is 4.88. The van der Waals surface area contributed by atoms with Crippen LogP contribution in [0.15, 0.2) is 18.3 Å². The largest absolute Gasteiger partial charge is 0.494 e. The molecule has 2 N–H and O–H groups in total. The maximum Gasteiger partial charge on any atom is 0.244 e. The second-order valence-electron chi connectivity index (χ2n) is 6.29. The monoisotopic (exact) mass is 384 g/mol. The van der Waals surface area contributed by atoms with Crippen LogP contribution in [0, 0.1) is 0 Å². The van der Waals surface area contributed by atoms with E-state index in [-0.39, 0.29) is 10.8 Å². The molecule has 3 heterocycles. The van der Waals surface area contributed by atoms with Crippen LogP contribution in [0.5, 0.6) is 5.75 Å². The van der Waals surface area contributed by atoms with Gasteiger partial charge in [-0.05, 0) is 32.1 Å². The quantitative estimate of drug-likeness (QED) is 0.712. The Morgan fingerprint density at radius 2 is 2.04 bits per heavy atom. The fourth-order valence-corrected chi connectivity index (χ4v) is 3.84. The van der Waals surface area contributed by atoms with Crippen molar-refractivity contribution < 1.29 is 13.2 Å². The molecule has 0 saturated carbocycles. The molecule has 0 amide bonds. The molecule has 9 nitrogen and oxygen atoms in total. The number of hydrogen-bond donors (Lipinski definition) is 2. The van der Waals surface area contributed by atoms with Crippen LogP contribution in [0.4, 0.5) is 0 Å². The van der Waals surface area contributed by atoms with E-state index in [0.717, 1.165) is 0 Å². The minimum absolute atomic E-state index is 0.288. The number of aromatic amines is 2. The van der Waals surface area contributed by atoms with Gasteiger partial charge in [0.2, 0.25) is 15.8 Å². The third-order valence-electron chi connectivity index (χ3n) is 3.66. The standard InChI is InChI=1S/C14H17ClN6O3S/c1-14(2,3)25(22,23)21-6-5-8(15)12(21)9-7-10(24-4)11(16-9)13-17-19-20-18-13/h5-7,16H,1-4H3,(H,17,18,19,20). The van der Waals surface area contributed by atoms with E-state index in [0.29, 0.717) is 22.8 Å². The molecule has 3 rings (SSSR count). The third kappa shape index (κ3) is 2.81. The molecule has 0 fully saturated rings. The Kier molecular flexibility index (Phi) is 4.12. The van der Waals surface area contributed by atoms with Crippen LogP contribution in [-0.2, 0) is 10.0 Å². The van der Waals surface area contributed by atoms with Crippen molar-refractivity contribution in [3.63, 3.8) is 0 Å². The van der Waals surface area contributed by atoms with Crippen molar-refractivity contribution in [2.75, 3.05) is 7.11 Å². The molecule has 25 heavy (non-hydrogen) atoms. The van der Waals surface area contributed by atoms with Gasteiger partial charge in [0.25, 0.3) is 0 Å². The lowest BCUT2D eigenvalue weighted by atomic mass is 10.3. The van der Waals surface area contributed by atoms with E-state index in [1.54, 1.807) is 26.8 Å². The topological polar surface area (TPSA) is 119 Å². The van der Waals surface area contributed by atoms with Gasteiger partial charge in [0.15, 0.2) is 0 Å². The molecular weight excluding hydrogens is 368 g/mol. The fourth-order valence-electron chi connectivity index (χ4n) is 2.29. The maximum atomic E-state index is 12.9. The van der Waals surface area contributed by atoms with Gasteiger partial charge in [0.1, 0.15) is 11.4 Å². The Morgan fingerprint density at radius 1 is 1.32 bits per heavy atom. The predicted molar refractivity (Wildman–Crippen MR) is 93.0 cm³/mol. The number of nitrogens with one attached hydrogen (secondary N) is 2. The molecule has 0 atom stereocenters. The van der Waals surface area contributed by atoms with E-state index in [1.165, 1.54) is 23.3 Å². The number of hydrogen-bond acceptors (Lipinski definition) is 6. The second kappa shape index (κ2) is 5.88. The molecule has 0 aliphatic carbocycles. The fraction of sp³-hybridized carbons (Fsp3) is 0.357. The summed E-state index contributed by atoms with van der Waals surface area (Å²) >= 11 is 6.27. The molecule has 3 aromatic rings. The van der Waals surface area contributed by atoms with Crippen LogP contribution in [-0.4, -0.2) is 49.9 Å². The molecule has 0 aromatic carbocycles. The Labute approximate surface area is 149 Å². The first-order valence-corrected chi connectivity index (χ1v) is 9.12. The lowest BCUT2D eigenvalue weighted by Gasteiger charge is -2.21. The summed E-state index contributed by atoms with van der Waals surface area (Å²) in [5, 5.41) is 14.0. The third-order valence-corrected chi connectivity index (χ3v) is 6.34. The molecule has 0 bridgehead atoms. The number of H-pyrrole nitrogens is 2. The van der Waals surface area contributed by atoms with Gasteiger partial charge in [-0.15, -0.1) is 10.2 Å². The Bertz CT molecular complexity index is 998. The molecule has 0 saturated heterocycles. The van der Waals surface area contributed by atoms with Crippen molar-refractivity contribution in [1.82, 2.24) is 29.6 Å². The molecule has 0 aliphatic rings. The minimum Gasteiger partial charge on any atom is -0.494 e. The first-order valence-electron chi connectivity index (χ1n) is 7.30. The maximum absolute atomic E-state index is 12.9. The van der Waals surface area contributed by atoms with Crippen LogP contribution < -0.4 is 4.74 Å². The normalized spacial score (nSPS) is 12.5. The molecule has 0 unspecified atom stereocenters. The summed E-state index contributed by atoms with van der Waals surface area (Å²) in [5.74, 6) is 0.726. The van der Waals surface area contributed by atoms with Crippen LogP contribution in [0.3, 0.4) is 0 Å². The summed E-state index contributed by atoms with van der Waals surface area (Å²) < 4.78 is 31.2. The molecule has 11 heteroatoms. The number of rotatable bonds is 4. The van der Waals surface area contributed by atoms with Crippen molar-refractivity contribution >= 4 is 21.6 Å². The van der Waals surface area contributed by atoms with Crippen LogP contribution >= 0.6 is 11.6 Å². The molecular formula is C14H17ClN6O3S. The van der Waals surface area contributed by atoms with Crippen molar-refractivity contribution in [3.05, 3.63) is 23.4 Å². The Morgan fingerprint density at radius 3 is 2.60 bits per heavy atom. The van der Waals surface area contributed by atoms with Crippen LogP contribution in [0.2, 0.25) is 5.02 Å². The van der Waals surface area contributed by atoms with E-state index in [2.05, 4.69) is 25.6 Å². The zero-order valence-corrected chi connectivity index (χ0v) is 15.6.